The minimum Gasteiger partial charge on any atom is -0.326 e. The normalized spacial score (nSPS) is 10.1. The van der Waals surface area contributed by atoms with Gasteiger partial charge < -0.3 is 10.6 Å². The van der Waals surface area contributed by atoms with E-state index in [1.807, 2.05) is 91.0 Å². The molecule has 0 fully saturated rings. The molecule has 4 heteroatoms. The smallest absolute Gasteiger partial charge is 0.221 e. The first kappa shape index (κ1) is 22.6. The minimum absolute atomic E-state index is 0.0823. The molecule has 0 unspecified atom stereocenters. The predicted molar refractivity (Wildman–Crippen MR) is 138 cm³/mol. The molecule has 2 N–H and O–H groups in total. The van der Waals surface area contributed by atoms with Crippen LogP contribution >= 0.6 is 0 Å². The van der Waals surface area contributed by atoms with Crippen LogP contribution in [-0.4, -0.2) is 11.8 Å². The molecule has 2 amide bonds. The third-order valence-electron chi connectivity index (χ3n) is 5.18. The Hall–Kier alpha value is -4.62. The molecule has 4 rings (SSSR count). The summed E-state index contributed by atoms with van der Waals surface area (Å²) in [4.78, 5) is 22.4. The van der Waals surface area contributed by atoms with Crippen molar-refractivity contribution in [1.29, 1.82) is 0 Å². The zero-order valence-corrected chi connectivity index (χ0v) is 19.1. The van der Waals surface area contributed by atoms with Crippen LogP contribution in [0.15, 0.2) is 97.1 Å². The molecular weight excluding hydrogens is 420 g/mol. The highest BCUT2D eigenvalue weighted by Gasteiger charge is 2.02. The Morgan fingerprint density at radius 3 is 1.47 bits per heavy atom. The van der Waals surface area contributed by atoms with Crippen molar-refractivity contribution in [2.75, 3.05) is 10.6 Å². The van der Waals surface area contributed by atoms with Crippen molar-refractivity contribution >= 4 is 23.2 Å². The average Bonchev–Trinajstić information content (AvgIpc) is 2.84. The molecule has 0 aliphatic carbocycles. The maximum atomic E-state index is 11.2. The molecule has 0 atom stereocenters. The predicted octanol–water partition coefficient (Wildman–Crippen LogP) is 6.34. The number of hydrogen-bond acceptors (Lipinski definition) is 2. The molecule has 4 aromatic rings. The van der Waals surface area contributed by atoms with E-state index >= 15 is 0 Å². The van der Waals surface area contributed by atoms with E-state index in [4.69, 9.17) is 0 Å². The zero-order valence-electron chi connectivity index (χ0n) is 19.1. The Labute approximate surface area is 199 Å². The van der Waals surface area contributed by atoms with Gasteiger partial charge in [-0.2, -0.15) is 0 Å². The van der Waals surface area contributed by atoms with E-state index in [0.29, 0.717) is 0 Å². The van der Waals surface area contributed by atoms with Crippen LogP contribution in [0.3, 0.4) is 0 Å². The van der Waals surface area contributed by atoms with Crippen LogP contribution in [0.2, 0.25) is 0 Å². The first-order valence-electron chi connectivity index (χ1n) is 10.9. The zero-order chi connectivity index (χ0) is 23.9. The molecule has 34 heavy (non-hydrogen) atoms. The number of carbonyl (C=O) groups is 2. The molecule has 0 aromatic heterocycles. The van der Waals surface area contributed by atoms with Gasteiger partial charge in [-0.1, -0.05) is 60.4 Å². The van der Waals surface area contributed by atoms with Gasteiger partial charge in [-0.05, 0) is 70.8 Å². The molecule has 0 saturated heterocycles. The molecule has 0 saturated carbocycles. The summed E-state index contributed by atoms with van der Waals surface area (Å²) in [6.07, 6.45) is 0. The highest BCUT2D eigenvalue weighted by Crippen LogP contribution is 2.23. The molecule has 166 valence electrons. The largest absolute Gasteiger partial charge is 0.326 e. The van der Waals surface area contributed by atoms with E-state index in [2.05, 4.69) is 28.5 Å². The average molecular weight is 445 g/mol. The Balaban J connectivity index is 1.47. The van der Waals surface area contributed by atoms with Crippen molar-refractivity contribution in [2.45, 2.75) is 13.8 Å². The Bertz CT molecular complexity index is 1380. The summed E-state index contributed by atoms with van der Waals surface area (Å²) in [5.41, 5.74) is 7.72. The maximum absolute atomic E-state index is 11.2. The van der Waals surface area contributed by atoms with Gasteiger partial charge in [-0.3, -0.25) is 9.59 Å². The fourth-order valence-electron chi connectivity index (χ4n) is 3.57. The van der Waals surface area contributed by atoms with Crippen LogP contribution in [0.4, 0.5) is 11.4 Å². The van der Waals surface area contributed by atoms with E-state index in [1.165, 1.54) is 13.8 Å². The Kier molecular flexibility index (Phi) is 6.86. The van der Waals surface area contributed by atoms with Gasteiger partial charge in [-0.15, -0.1) is 0 Å². The fraction of sp³-hybridized carbons (Fsp3) is 0.0667. The second-order valence-corrected chi connectivity index (χ2v) is 7.93. The molecular formula is C30H24N2O2. The first-order valence-corrected chi connectivity index (χ1v) is 10.9. The van der Waals surface area contributed by atoms with Gasteiger partial charge >= 0.3 is 0 Å². The van der Waals surface area contributed by atoms with Crippen LogP contribution in [0, 0.1) is 11.8 Å². The van der Waals surface area contributed by atoms with Crippen LogP contribution in [0.1, 0.15) is 25.0 Å². The molecule has 0 aliphatic rings. The maximum Gasteiger partial charge on any atom is 0.221 e. The van der Waals surface area contributed by atoms with Gasteiger partial charge in [0.15, 0.2) is 0 Å². The van der Waals surface area contributed by atoms with E-state index in [1.54, 1.807) is 0 Å². The van der Waals surface area contributed by atoms with Crippen LogP contribution < -0.4 is 10.6 Å². The number of anilines is 2. The van der Waals surface area contributed by atoms with Crippen molar-refractivity contribution in [3.63, 3.8) is 0 Å². The van der Waals surface area contributed by atoms with Gasteiger partial charge in [0.25, 0.3) is 0 Å². The molecule has 4 aromatic carbocycles. The van der Waals surface area contributed by atoms with E-state index < -0.39 is 0 Å². The third-order valence-corrected chi connectivity index (χ3v) is 5.18. The summed E-state index contributed by atoms with van der Waals surface area (Å²) in [6.45, 7) is 2.99. The fourth-order valence-corrected chi connectivity index (χ4v) is 3.57. The molecule has 0 radical (unpaired) electrons. The molecule has 0 aliphatic heterocycles. The van der Waals surface area contributed by atoms with Crippen LogP contribution in [-0.2, 0) is 9.59 Å². The lowest BCUT2D eigenvalue weighted by atomic mass is 10.0. The summed E-state index contributed by atoms with van der Waals surface area (Å²) in [6, 6.07) is 31.7. The lowest BCUT2D eigenvalue weighted by Gasteiger charge is -2.06. The van der Waals surface area contributed by atoms with E-state index in [9.17, 15) is 9.59 Å². The molecule has 0 bridgehead atoms. The summed E-state index contributed by atoms with van der Waals surface area (Å²) in [5, 5.41) is 5.56. The molecule has 0 spiro atoms. The number of amides is 2. The van der Waals surface area contributed by atoms with E-state index in [-0.39, 0.29) is 11.8 Å². The highest BCUT2D eigenvalue weighted by molar-refractivity contribution is 5.89. The highest BCUT2D eigenvalue weighted by atomic mass is 16.2. The van der Waals surface area contributed by atoms with Crippen molar-refractivity contribution in [2.24, 2.45) is 0 Å². The first-order chi connectivity index (χ1) is 16.5. The monoisotopic (exact) mass is 444 g/mol. The van der Waals surface area contributed by atoms with Crippen molar-refractivity contribution in [3.8, 4) is 34.1 Å². The lowest BCUT2D eigenvalue weighted by Crippen LogP contribution is -2.05. The Morgan fingerprint density at radius 1 is 0.529 bits per heavy atom. The number of nitrogens with one attached hydrogen (secondary N) is 2. The van der Waals surface area contributed by atoms with Crippen molar-refractivity contribution < 1.29 is 9.59 Å². The van der Waals surface area contributed by atoms with Gasteiger partial charge in [-0.25, -0.2) is 0 Å². The number of carbonyl (C=O) groups excluding carboxylic acids is 2. The van der Waals surface area contributed by atoms with Gasteiger partial charge in [0.2, 0.25) is 11.8 Å². The number of rotatable bonds is 4. The van der Waals surface area contributed by atoms with Crippen molar-refractivity contribution in [3.05, 3.63) is 108 Å². The Morgan fingerprint density at radius 2 is 0.971 bits per heavy atom. The number of benzene rings is 4. The summed E-state index contributed by atoms with van der Waals surface area (Å²) in [5.74, 6) is 6.31. The minimum atomic E-state index is -0.0853. The molecule has 4 nitrogen and oxygen atoms in total. The summed E-state index contributed by atoms with van der Waals surface area (Å²) in [7, 11) is 0. The van der Waals surface area contributed by atoms with Crippen LogP contribution in [0.25, 0.3) is 22.3 Å². The second kappa shape index (κ2) is 10.3. The number of hydrogen-bond donors (Lipinski definition) is 2. The third kappa shape index (κ3) is 5.99. The lowest BCUT2D eigenvalue weighted by molar-refractivity contribution is -0.115. The van der Waals surface area contributed by atoms with Gasteiger partial charge in [0.05, 0.1) is 0 Å². The SMILES string of the molecule is CC(=O)Nc1ccc(-c2ccc(C#Cc3cccc(-c4ccc(NC(C)=O)cc4)c3)cc2)cc1. The van der Waals surface area contributed by atoms with Gasteiger partial charge in [0, 0.05) is 36.3 Å². The summed E-state index contributed by atoms with van der Waals surface area (Å²) >= 11 is 0. The van der Waals surface area contributed by atoms with Crippen LogP contribution in [0.5, 0.6) is 0 Å². The van der Waals surface area contributed by atoms with Crippen molar-refractivity contribution in [1.82, 2.24) is 0 Å². The van der Waals surface area contributed by atoms with E-state index in [0.717, 1.165) is 44.8 Å². The quantitative estimate of drug-likeness (QED) is 0.361. The van der Waals surface area contributed by atoms with Gasteiger partial charge in [0.1, 0.15) is 0 Å². The summed E-state index contributed by atoms with van der Waals surface area (Å²) < 4.78 is 0. The molecule has 0 heterocycles. The second-order valence-electron chi connectivity index (χ2n) is 7.93. The topological polar surface area (TPSA) is 58.2 Å². The standard InChI is InChI=1S/C30H24N2O2/c1-21(33)31-29-16-12-26(13-17-29)25-10-8-23(9-11-25)6-7-24-4-3-5-28(20-24)27-14-18-30(19-15-27)32-22(2)34/h3-5,8-20H,1-2H3,(H,31,33)(H,32,34).